The number of anilines is 1. The Morgan fingerprint density at radius 2 is 1.29 bits per heavy atom. The van der Waals surface area contributed by atoms with Gasteiger partial charge in [0.2, 0.25) is 0 Å². The molecule has 1 saturated heterocycles. The molecule has 1 fully saturated rings. The van der Waals surface area contributed by atoms with Gasteiger partial charge in [-0.2, -0.15) is 0 Å². The van der Waals surface area contributed by atoms with Crippen molar-refractivity contribution in [2.24, 2.45) is 0 Å². The minimum atomic E-state index is 0.796. The standard InChI is InChI=1S/C26H22N4S/c31-26(30-14-6-1-7-15-30)27-17-12-13-22-23(16-17)29-25-21-11-5-3-9-19(21)18-8-2-4-10-20(18)24(25)28-22/h2-5,8-13,16H,1,6-7,14-15H2,(H,27,31). The Morgan fingerprint density at radius 1 is 0.710 bits per heavy atom. The van der Waals surface area contributed by atoms with Crippen molar-refractivity contribution in [1.82, 2.24) is 14.9 Å². The van der Waals surface area contributed by atoms with Crippen LogP contribution in [0.2, 0.25) is 0 Å². The summed E-state index contributed by atoms with van der Waals surface area (Å²) in [4.78, 5) is 12.4. The molecule has 1 aliphatic rings. The van der Waals surface area contributed by atoms with E-state index >= 15 is 0 Å². The van der Waals surface area contributed by atoms with Gasteiger partial charge in [-0.05, 0) is 60.5 Å². The van der Waals surface area contributed by atoms with Crippen LogP contribution >= 0.6 is 12.2 Å². The number of nitrogens with one attached hydrogen (secondary N) is 1. The summed E-state index contributed by atoms with van der Waals surface area (Å²) in [5, 5.41) is 8.89. The van der Waals surface area contributed by atoms with Crippen molar-refractivity contribution in [1.29, 1.82) is 0 Å². The lowest BCUT2D eigenvalue weighted by atomic mass is 9.99. The van der Waals surface area contributed by atoms with Crippen molar-refractivity contribution in [3.05, 3.63) is 66.7 Å². The first-order chi connectivity index (χ1) is 15.3. The van der Waals surface area contributed by atoms with Crippen molar-refractivity contribution in [2.75, 3.05) is 18.4 Å². The number of benzene rings is 4. The molecule has 4 aromatic carbocycles. The lowest BCUT2D eigenvalue weighted by molar-refractivity contribution is 0.346. The van der Waals surface area contributed by atoms with Gasteiger partial charge in [0.1, 0.15) is 0 Å². The summed E-state index contributed by atoms with van der Waals surface area (Å²) in [6.45, 7) is 2.06. The molecule has 5 aromatic rings. The summed E-state index contributed by atoms with van der Waals surface area (Å²) in [5.41, 5.74) is 4.62. The molecule has 31 heavy (non-hydrogen) atoms. The van der Waals surface area contributed by atoms with E-state index in [2.05, 4.69) is 64.8 Å². The van der Waals surface area contributed by atoms with E-state index in [9.17, 15) is 0 Å². The molecule has 1 aromatic heterocycles. The summed E-state index contributed by atoms with van der Waals surface area (Å²) in [5.74, 6) is 0. The fourth-order valence-corrected chi connectivity index (χ4v) is 4.96. The van der Waals surface area contributed by atoms with Crippen LogP contribution in [-0.2, 0) is 0 Å². The second kappa shape index (κ2) is 7.43. The van der Waals surface area contributed by atoms with Crippen LogP contribution < -0.4 is 5.32 Å². The summed E-state index contributed by atoms with van der Waals surface area (Å²) in [6, 6.07) is 23.0. The first kappa shape index (κ1) is 18.5. The minimum absolute atomic E-state index is 0.796. The average molecular weight is 423 g/mol. The quantitative estimate of drug-likeness (QED) is 0.196. The highest BCUT2D eigenvalue weighted by atomic mass is 32.1. The van der Waals surface area contributed by atoms with Crippen molar-refractivity contribution >= 4 is 66.6 Å². The van der Waals surface area contributed by atoms with Gasteiger partial charge in [-0.15, -0.1) is 0 Å². The number of fused-ring (bicyclic) bond motifs is 7. The average Bonchev–Trinajstić information content (AvgIpc) is 2.84. The Labute approximate surface area is 185 Å². The number of thiocarbonyl (C=S) groups is 1. The molecule has 0 amide bonds. The zero-order chi connectivity index (χ0) is 20.8. The maximum Gasteiger partial charge on any atom is 0.173 e. The molecule has 152 valence electrons. The van der Waals surface area contributed by atoms with Gasteiger partial charge in [0.25, 0.3) is 0 Å². The highest BCUT2D eigenvalue weighted by Gasteiger charge is 2.15. The highest BCUT2D eigenvalue weighted by Crippen LogP contribution is 2.34. The van der Waals surface area contributed by atoms with Gasteiger partial charge in [0, 0.05) is 29.5 Å². The highest BCUT2D eigenvalue weighted by molar-refractivity contribution is 7.80. The van der Waals surface area contributed by atoms with Crippen LogP contribution in [-0.4, -0.2) is 33.1 Å². The molecule has 0 radical (unpaired) electrons. The largest absolute Gasteiger partial charge is 0.349 e. The molecule has 0 spiro atoms. The van der Waals surface area contributed by atoms with Crippen LogP contribution in [0.5, 0.6) is 0 Å². The summed E-state index contributed by atoms with van der Waals surface area (Å²) < 4.78 is 0. The van der Waals surface area contributed by atoms with Gasteiger partial charge >= 0.3 is 0 Å². The van der Waals surface area contributed by atoms with E-state index in [1.165, 1.54) is 30.0 Å². The molecular formula is C26H22N4S. The van der Waals surface area contributed by atoms with Crippen molar-refractivity contribution in [2.45, 2.75) is 19.3 Å². The second-order valence-electron chi connectivity index (χ2n) is 8.19. The number of hydrogen-bond donors (Lipinski definition) is 1. The van der Waals surface area contributed by atoms with Crippen LogP contribution in [0.1, 0.15) is 19.3 Å². The molecule has 2 heterocycles. The van der Waals surface area contributed by atoms with E-state index in [4.69, 9.17) is 22.2 Å². The normalized spacial score (nSPS) is 14.5. The topological polar surface area (TPSA) is 41.1 Å². The molecule has 0 unspecified atom stereocenters. The number of aromatic nitrogens is 2. The monoisotopic (exact) mass is 422 g/mol. The van der Waals surface area contributed by atoms with Gasteiger partial charge < -0.3 is 10.2 Å². The van der Waals surface area contributed by atoms with E-state index in [0.29, 0.717) is 0 Å². The van der Waals surface area contributed by atoms with E-state index in [-0.39, 0.29) is 0 Å². The predicted molar refractivity (Wildman–Crippen MR) is 134 cm³/mol. The first-order valence-electron chi connectivity index (χ1n) is 10.8. The Balaban J connectivity index is 1.51. The molecule has 5 heteroatoms. The molecule has 6 rings (SSSR count). The predicted octanol–water partition coefficient (Wildman–Crippen LogP) is 6.27. The van der Waals surface area contributed by atoms with Gasteiger partial charge in [0.05, 0.1) is 22.1 Å². The maximum atomic E-state index is 5.65. The Hall–Kier alpha value is -3.31. The lowest BCUT2D eigenvalue weighted by Crippen LogP contribution is -2.38. The van der Waals surface area contributed by atoms with Crippen LogP contribution in [0.4, 0.5) is 5.69 Å². The second-order valence-corrected chi connectivity index (χ2v) is 8.58. The van der Waals surface area contributed by atoms with Crippen LogP contribution in [0, 0.1) is 0 Å². The Morgan fingerprint density at radius 3 is 1.94 bits per heavy atom. The molecular weight excluding hydrogens is 400 g/mol. The lowest BCUT2D eigenvalue weighted by Gasteiger charge is -2.29. The van der Waals surface area contributed by atoms with Gasteiger partial charge in [-0.1, -0.05) is 48.5 Å². The first-order valence-corrected chi connectivity index (χ1v) is 11.3. The van der Waals surface area contributed by atoms with Crippen LogP contribution in [0.15, 0.2) is 66.7 Å². The zero-order valence-electron chi connectivity index (χ0n) is 17.1. The van der Waals surface area contributed by atoms with Gasteiger partial charge in [-0.25, -0.2) is 9.97 Å². The van der Waals surface area contributed by atoms with Crippen LogP contribution in [0.25, 0.3) is 43.6 Å². The molecule has 4 nitrogen and oxygen atoms in total. The smallest absolute Gasteiger partial charge is 0.173 e. The number of rotatable bonds is 1. The van der Waals surface area contributed by atoms with Crippen molar-refractivity contribution < 1.29 is 0 Å². The van der Waals surface area contributed by atoms with Crippen LogP contribution in [0.3, 0.4) is 0 Å². The zero-order valence-corrected chi connectivity index (χ0v) is 18.0. The number of nitrogens with zero attached hydrogens (tertiary/aromatic N) is 3. The molecule has 1 aliphatic heterocycles. The Kier molecular flexibility index (Phi) is 4.42. The van der Waals surface area contributed by atoms with E-state index < -0.39 is 0 Å². The summed E-state index contributed by atoms with van der Waals surface area (Å²) in [6.07, 6.45) is 3.70. The Bertz CT molecular complexity index is 1470. The summed E-state index contributed by atoms with van der Waals surface area (Å²) in [7, 11) is 0. The number of hydrogen-bond acceptors (Lipinski definition) is 3. The van der Waals surface area contributed by atoms with Gasteiger partial charge in [0.15, 0.2) is 5.11 Å². The number of likely N-dealkylation sites (tertiary alicyclic amines) is 1. The molecule has 0 aliphatic carbocycles. The summed E-state index contributed by atoms with van der Waals surface area (Å²) >= 11 is 5.65. The van der Waals surface area contributed by atoms with E-state index in [0.717, 1.165) is 56.7 Å². The number of piperidine rings is 1. The SMILES string of the molecule is S=C(Nc1ccc2nc3c4ccccc4c4ccccc4c3nc2c1)N1CCCCC1. The van der Waals surface area contributed by atoms with E-state index in [1.807, 2.05) is 12.1 Å². The maximum absolute atomic E-state index is 5.65. The molecule has 0 atom stereocenters. The molecule has 1 N–H and O–H groups in total. The molecule has 0 bridgehead atoms. The van der Waals surface area contributed by atoms with Crippen molar-refractivity contribution in [3.63, 3.8) is 0 Å². The van der Waals surface area contributed by atoms with Crippen molar-refractivity contribution in [3.8, 4) is 0 Å². The minimum Gasteiger partial charge on any atom is -0.349 e. The third kappa shape index (κ3) is 3.17. The third-order valence-electron chi connectivity index (χ3n) is 6.21. The fourth-order valence-electron chi connectivity index (χ4n) is 4.66. The molecule has 0 saturated carbocycles. The van der Waals surface area contributed by atoms with Gasteiger partial charge in [-0.3, -0.25) is 0 Å². The third-order valence-corrected chi connectivity index (χ3v) is 6.57. The fraction of sp³-hybridized carbons (Fsp3) is 0.192. The van der Waals surface area contributed by atoms with E-state index in [1.54, 1.807) is 0 Å².